The molecule has 3 aromatic rings. The summed E-state index contributed by atoms with van der Waals surface area (Å²) in [5, 5.41) is 3.32. The molecule has 1 fully saturated rings. The zero-order valence-corrected chi connectivity index (χ0v) is 17.9. The number of benzene rings is 2. The molecule has 4 rings (SSSR count). The Balaban J connectivity index is 0.00000150. The molecule has 6 nitrogen and oxygen atoms in total. The molecule has 1 aliphatic rings. The lowest BCUT2D eigenvalue weighted by molar-refractivity contribution is -0.134. The van der Waals surface area contributed by atoms with Crippen molar-refractivity contribution in [3.63, 3.8) is 0 Å². The molecule has 1 atom stereocenters. The Hall–Kier alpha value is -2.28. The van der Waals surface area contributed by atoms with Crippen molar-refractivity contribution in [1.29, 1.82) is 0 Å². The number of imidazole rings is 1. The summed E-state index contributed by atoms with van der Waals surface area (Å²) in [6.07, 6.45) is 0. The third kappa shape index (κ3) is 5.21. The topological polar surface area (TPSA) is 59.4 Å². The Bertz CT molecular complexity index is 933. The summed E-state index contributed by atoms with van der Waals surface area (Å²) in [6.45, 7) is 5.09. The summed E-state index contributed by atoms with van der Waals surface area (Å²) in [5.74, 6) is 1.67. The van der Waals surface area contributed by atoms with Crippen LogP contribution in [0.2, 0.25) is 0 Å². The Kier molecular flexibility index (Phi) is 8.32. The van der Waals surface area contributed by atoms with Gasteiger partial charge in [-0.15, -0.1) is 24.8 Å². The lowest BCUT2D eigenvalue weighted by Gasteiger charge is -2.34. The Labute approximate surface area is 183 Å². The van der Waals surface area contributed by atoms with Crippen LogP contribution in [0.1, 0.15) is 12.7 Å². The van der Waals surface area contributed by atoms with Crippen LogP contribution in [-0.4, -0.2) is 46.0 Å². The lowest BCUT2D eigenvalue weighted by atomic mass is 10.2. The highest BCUT2D eigenvalue weighted by Gasteiger charge is 2.24. The number of para-hydroxylation sites is 3. The van der Waals surface area contributed by atoms with E-state index in [1.807, 2.05) is 64.1 Å². The SMILES string of the molecule is CC1CNCCN1C(=O)Cn1c(COc2ccccc2)nc2ccccc21.Cl.Cl. The summed E-state index contributed by atoms with van der Waals surface area (Å²) in [4.78, 5) is 19.6. The van der Waals surface area contributed by atoms with Gasteiger partial charge in [-0.2, -0.15) is 0 Å². The van der Waals surface area contributed by atoms with Crippen molar-refractivity contribution < 1.29 is 9.53 Å². The second-order valence-corrected chi connectivity index (χ2v) is 6.84. The minimum atomic E-state index is 0. The predicted octanol–water partition coefficient (Wildman–Crippen LogP) is 3.28. The number of hydrogen-bond donors (Lipinski definition) is 1. The summed E-state index contributed by atoms with van der Waals surface area (Å²) in [7, 11) is 0. The van der Waals surface area contributed by atoms with Crippen LogP contribution in [0.15, 0.2) is 54.6 Å². The number of amides is 1. The molecule has 1 saturated heterocycles. The fourth-order valence-electron chi connectivity index (χ4n) is 3.51. The smallest absolute Gasteiger partial charge is 0.242 e. The highest BCUT2D eigenvalue weighted by Crippen LogP contribution is 2.19. The molecule has 0 aliphatic carbocycles. The third-order valence-electron chi connectivity index (χ3n) is 4.96. The van der Waals surface area contributed by atoms with E-state index < -0.39 is 0 Å². The largest absolute Gasteiger partial charge is 0.486 e. The molecule has 2 aromatic carbocycles. The van der Waals surface area contributed by atoms with Gasteiger partial charge < -0.3 is 19.5 Å². The number of hydrogen-bond acceptors (Lipinski definition) is 4. The van der Waals surface area contributed by atoms with Gasteiger partial charge in [0.2, 0.25) is 5.91 Å². The standard InChI is InChI=1S/C21H24N4O2.2ClH/c1-16-13-22-11-12-24(16)21(26)14-25-19-10-6-5-9-18(19)23-20(25)15-27-17-7-3-2-4-8-17;;/h2-10,16,22H,11-15H2,1H3;2*1H. The molecule has 29 heavy (non-hydrogen) atoms. The van der Waals surface area contributed by atoms with Crippen LogP contribution in [0.5, 0.6) is 5.75 Å². The molecule has 2 heterocycles. The van der Waals surface area contributed by atoms with E-state index in [-0.39, 0.29) is 43.3 Å². The van der Waals surface area contributed by atoms with Crippen LogP contribution in [0.3, 0.4) is 0 Å². The number of aromatic nitrogens is 2. The van der Waals surface area contributed by atoms with E-state index >= 15 is 0 Å². The molecule has 1 N–H and O–H groups in total. The van der Waals surface area contributed by atoms with E-state index in [1.54, 1.807) is 0 Å². The van der Waals surface area contributed by atoms with Gasteiger partial charge in [0.25, 0.3) is 0 Å². The van der Waals surface area contributed by atoms with Gasteiger partial charge in [0, 0.05) is 25.7 Å². The highest BCUT2D eigenvalue weighted by atomic mass is 35.5. The van der Waals surface area contributed by atoms with Crippen LogP contribution in [0.25, 0.3) is 11.0 Å². The van der Waals surface area contributed by atoms with Crippen LogP contribution in [0.4, 0.5) is 0 Å². The summed E-state index contributed by atoms with van der Waals surface area (Å²) >= 11 is 0. The van der Waals surface area contributed by atoms with E-state index in [9.17, 15) is 4.79 Å². The minimum absolute atomic E-state index is 0. The normalized spacial score (nSPS) is 16.0. The van der Waals surface area contributed by atoms with E-state index in [1.165, 1.54) is 0 Å². The Morgan fingerprint density at radius 1 is 1.14 bits per heavy atom. The molecule has 0 radical (unpaired) electrons. The molecule has 8 heteroatoms. The molecule has 0 bridgehead atoms. The van der Waals surface area contributed by atoms with Crippen molar-refractivity contribution in [1.82, 2.24) is 19.8 Å². The van der Waals surface area contributed by atoms with E-state index in [2.05, 4.69) is 12.2 Å². The predicted molar refractivity (Wildman–Crippen MR) is 119 cm³/mol. The summed E-state index contributed by atoms with van der Waals surface area (Å²) in [5.41, 5.74) is 1.84. The van der Waals surface area contributed by atoms with Gasteiger partial charge in [0.05, 0.1) is 11.0 Å². The van der Waals surface area contributed by atoms with Gasteiger partial charge in [-0.25, -0.2) is 4.98 Å². The van der Waals surface area contributed by atoms with E-state index in [4.69, 9.17) is 9.72 Å². The van der Waals surface area contributed by atoms with Crippen molar-refractivity contribution in [3.05, 3.63) is 60.4 Å². The molecule has 0 spiro atoms. The molecule has 1 unspecified atom stereocenters. The zero-order valence-electron chi connectivity index (χ0n) is 16.3. The maximum absolute atomic E-state index is 13.0. The number of rotatable bonds is 5. The van der Waals surface area contributed by atoms with Gasteiger partial charge in [-0.05, 0) is 31.2 Å². The maximum Gasteiger partial charge on any atom is 0.242 e. The summed E-state index contributed by atoms with van der Waals surface area (Å²) in [6, 6.07) is 17.8. The van der Waals surface area contributed by atoms with Crippen molar-refractivity contribution in [3.8, 4) is 5.75 Å². The second kappa shape index (κ2) is 10.5. The molecule has 1 aromatic heterocycles. The number of ether oxygens (including phenoxy) is 1. The number of nitrogens with zero attached hydrogens (tertiary/aromatic N) is 3. The molecule has 1 aliphatic heterocycles. The van der Waals surface area contributed by atoms with Crippen molar-refractivity contribution in [2.45, 2.75) is 26.1 Å². The fourth-order valence-corrected chi connectivity index (χ4v) is 3.51. The van der Waals surface area contributed by atoms with Gasteiger partial charge in [0.15, 0.2) is 0 Å². The highest BCUT2D eigenvalue weighted by molar-refractivity contribution is 5.85. The first-order valence-corrected chi connectivity index (χ1v) is 9.34. The molecule has 156 valence electrons. The number of carbonyl (C=O) groups is 1. The van der Waals surface area contributed by atoms with Crippen LogP contribution in [-0.2, 0) is 17.9 Å². The molecular weight excluding hydrogens is 411 g/mol. The average molecular weight is 437 g/mol. The molecule has 1 amide bonds. The average Bonchev–Trinajstić information content (AvgIpc) is 3.05. The van der Waals surface area contributed by atoms with Crippen LogP contribution < -0.4 is 10.1 Å². The first-order chi connectivity index (χ1) is 13.2. The Morgan fingerprint density at radius 3 is 2.62 bits per heavy atom. The van der Waals surface area contributed by atoms with Crippen molar-refractivity contribution >= 4 is 41.8 Å². The summed E-state index contributed by atoms with van der Waals surface area (Å²) < 4.78 is 7.87. The van der Waals surface area contributed by atoms with Gasteiger partial charge >= 0.3 is 0 Å². The number of carbonyl (C=O) groups excluding carboxylic acids is 1. The lowest BCUT2D eigenvalue weighted by Crippen LogP contribution is -2.53. The minimum Gasteiger partial charge on any atom is -0.486 e. The van der Waals surface area contributed by atoms with E-state index in [0.29, 0.717) is 6.61 Å². The van der Waals surface area contributed by atoms with Crippen molar-refractivity contribution in [2.75, 3.05) is 19.6 Å². The maximum atomic E-state index is 13.0. The number of nitrogens with one attached hydrogen (secondary N) is 1. The molecular formula is C21H26Cl2N4O2. The molecule has 0 saturated carbocycles. The van der Waals surface area contributed by atoms with Gasteiger partial charge in [-0.1, -0.05) is 30.3 Å². The zero-order chi connectivity index (χ0) is 18.6. The fraction of sp³-hybridized carbons (Fsp3) is 0.333. The quantitative estimate of drug-likeness (QED) is 0.666. The van der Waals surface area contributed by atoms with E-state index in [0.717, 1.165) is 42.2 Å². The van der Waals surface area contributed by atoms with Crippen LogP contribution in [0, 0.1) is 0 Å². The second-order valence-electron chi connectivity index (χ2n) is 6.84. The van der Waals surface area contributed by atoms with Gasteiger partial charge in [-0.3, -0.25) is 4.79 Å². The number of piperazine rings is 1. The Morgan fingerprint density at radius 2 is 1.86 bits per heavy atom. The monoisotopic (exact) mass is 436 g/mol. The van der Waals surface area contributed by atoms with Crippen molar-refractivity contribution in [2.24, 2.45) is 0 Å². The first-order valence-electron chi connectivity index (χ1n) is 9.34. The van der Waals surface area contributed by atoms with Crippen LogP contribution >= 0.6 is 24.8 Å². The third-order valence-corrected chi connectivity index (χ3v) is 4.96. The number of fused-ring (bicyclic) bond motifs is 1. The first kappa shape index (κ1) is 23.0. The van der Waals surface area contributed by atoms with Gasteiger partial charge in [0.1, 0.15) is 24.7 Å². The number of halogens is 2.